The van der Waals surface area contributed by atoms with E-state index in [-0.39, 0.29) is 18.1 Å². The average Bonchev–Trinajstić information content (AvgIpc) is 2.66. The van der Waals surface area contributed by atoms with E-state index in [1.54, 1.807) is 25.1 Å². The summed E-state index contributed by atoms with van der Waals surface area (Å²) < 4.78 is 9.97. The number of carbonyl (C=O) groups is 2. The van der Waals surface area contributed by atoms with Gasteiger partial charge in [0.2, 0.25) is 5.88 Å². The van der Waals surface area contributed by atoms with Crippen LogP contribution in [0.5, 0.6) is 5.88 Å². The van der Waals surface area contributed by atoms with Crippen LogP contribution in [0.4, 0.5) is 0 Å². The van der Waals surface area contributed by atoms with Crippen LogP contribution in [-0.4, -0.2) is 23.5 Å². The minimum atomic E-state index is -0.508. The molecule has 0 fully saturated rings. The predicted molar refractivity (Wildman–Crippen MR) is 65.6 cm³/mol. The fourth-order valence-corrected chi connectivity index (χ4v) is 1.74. The highest BCUT2D eigenvalue weighted by atomic mass is 16.6. The van der Waals surface area contributed by atoms with Gasteiger partial charge in [-0.25, -0.2) is 4.79 Å². The summed E-state index contributed by atoms with van der Waals surface area (Å²) in [5.41, 5.74) is 0.972. The highest BCUT2D eigenvalue weighted by Gasteiger charge is 2.21. The molecule has 18 heavy (non-hydrogen) atoms. The molecule has 0 unspecified atom stereocenters. The number of ether oxygens (including phenoxy) is 2. The van der Waals surface area contributed by atoms with Crippen LogP contribution in [0.1, 0.15) is 24.2 Å². The minimum Gasteiger partial charge on any atom is -0.462 e. The highest BCUT2D eigenvalue weighted by molar-refractivity contribution is 6.07. The molecule has 0 radical (unpaired) electrons. The van der Waals surface area contributed by atoms with E-state index in [9.17, 15) is 9.59 Å². The lowest BCUT2D eigenvalue weighted by Gasteiger charge is -2.03. The van der Waals surface area contributed by atoms with Crippen LogP contribution in [0.15, 0.2) is 24.3 Å². The third-order valence-corrected chi connectivity index (χ3v) is 2.40. The summed E-state index contributed by atoms with van der Waals surface area (Å²) in [5, 5.41) is 0.673. The molecule has 5 heteroatoms. The van der Waals surface area contributed by atoms with Crippen molar-refractivity contribution in [2.24, 2.45) is 0 Å². The molecule has 1 heterocycles. The first-order chi connectivity index (χ1) is 8.63. The Balaban J connectivity index is 2.57. The zero-order valence-electron chi connectivity index (χ0n) is 10.1. The first-order valence-corrected chi connectivity index (χ1v) is 5.59. The smallest absolute Gasteiger partial charge is 0.344 e. The molecule has 0 spiro atoms. The quantitative estimate of drug-likeness (QED) is 0.845. The molecule has 0 amide bonds. The lowest BCUT2D eigenvalue weighted by atomic mass is 10.2. The molecule has 0 saturated carbocycles. The van der Waals surface area contributed by atoms with Crippen LogP contribution >= 0.6 is 0 Å². The number of carbonyl (C=O) groups excluding carboxylic acids is 2. The van der Waals surface area contributed by atoms with E-state index >= 15 is 0 Å². The summed E-state index contributed by atoms with van der Waals surface area (Å²) in [6.45, 7) is 3.26. The first kappa shape index (κ1) is 12.2. The third kappa shape index (κ3) is 2.20. The van der Waals surface area contributed by atoms with E-state index in [2.05, 4.69) is 4.98 Å². The second kappa shape index (κ2) is 4.91. The number of nitrogens with one attached hydrogen (secondary N) is 1. The Bertz CT molecular complexity index is 600. The number of benzene rings is 1. The first-order valence-electron chi connectivity index (χ1n) is 5.59. The van der Waals surface area contributed by atoms with E-state index < -0.39 is 11.9 Å². The van der Waals surface area contributed by atoms with Crippen molar-refractivity contribution in [3.05, 3.63) is 29.8 Å². The molecular formula is C13H13NO4. The molecule has 1 aromatic carbocycles. The van der Waals surface area contributed by atoms with Gasteiger partial charge in [-0.2, -0.15) is 0 Å². The Hall–Kier alpha value is -2.30. The molecule has 2 rings (SSSR count). The number of fused-ring (bicyclic) bond motifs is 1. The van der Waals surface area contributed by atoms with Crippen LogP contribution in [0.2, 0.25) is 0 Å². The van der Waals surface area contributed by atoms with Gasteiger partial charge in [-0.15, -0.1) is 0 Å². The molecule has 0 bridgehead atoms. The van der Waals surface area contributed by atoms with Gasteiger partial charge < -0.3 is 14.5 Å². The summed E-state index contributed by atoms with van der Waals surface area (Å²) >= 11 is 0. The van der Waals surface area contributed by atoms with Crippen LogP contribution < -0.4 is 4.74 Å². The second-order valence-electron chi connectivity index (χ2n) is 3.69. The van der Waals surface area contributed by atoms with Gasteiger partial charge in [-0.05, 0) is 13.0 Å². The van der Waals surface area contributed by atoms with Gasteiger partial charge in [0.25, 0.3) is 0 Å². The van der Waals surface area contributed by atoms with E-state index in [4.69, 9.17) is 9.47 Å². The van der Waals surface area contributed by atoms with Gasteiger partial charge in [0.05, 0.1) is 6.61 Å². The van der Waals surface area contributed by atoms with Crippen LogP contribution in [-0.2, 0) is 9.53 Å². The Morgan fingerprint density at radius 2 is 2.00 bits per heavy atom. The lowest BCUT2D eigenvalue weighted by molar-refractivity contribution is -0.132. The molecule has 5 nitrogen and oxygen atoms in total. The van der Waals surface area contributed by atoms with Gasteiger partial charge in [-0.3, -0.25) is 4.79 Å². The van der Waals surface area contributed by atoms with E-state index in [0.29, 0.717) is 5.39 Å². The van der Waals surface area contributed by atoms with E-state index in [0.717, 1.165) is 5.52 Å². The Kier molecular flexibility index (Phi) is 3.32. The Morgan fingerprint density at radius 1 is 1.28 bits per heavy atom. The van der Waals surface area contributed by atoms with Crippen molar-refractivity contribution in [2.45, 2.75) is 13.8 Å². The van der Waals surface area contributed by atoms with Crippen molar-refractivity contribution in [1.29, 1.82) is 0 Å². The Labute approximate surface area is 104 Å². The number of para-hydroxylation sites is 1. The molecule has 2 aromatic rings. The van der Waals surface area contributed by atoms with Gasteiger partial charge in [0.15, 0.2) is 0 Å². The summed E-state index contributed by atoms with van der Waals surface area (Å²) in [5.74, 6) is -0.875. The van der Waals surface area contributed by atoms with Crippen molar-refractivity contribution < 1.29 is 19.1 Å². The second-order valence-corrected chi connectivity index (χ2v) is 3.69. The minimum absolute atomic E-state index is 0.127. The zero-order valence-corrected chi connectivity index (χ0v) is 10.1. The number of esters is 2. The maximum absolute atomic E-state index is 11.9. The van der Waals surface area contributed by atoms with E-state index in [1.807, 2.05) is 6.07 Å². The standard InChI is InChI=1S/C13H13NO4/c1-3-17-13(16)11-9-6-4-5-7-10(9)14-12(11)18-8(2)15/h4-7,14H,3H2,1-2H3. The summed E-state index contributed by atoms with van der Waals surface area (Å²) in [6.07, 6.45) is 0. The number of aromatic nitrogens is 1. The third-order valence-electron chi connectivity index (χ3n) is 2.40. The summed E-state index contributed by atoms with van der Waals surface area (Å²) in [6, 6.07) is 7.19. The topological polar surface area (TPSA) is 68.4 Å². The zero-order chi connectivity index (χ0) is 13.1. The molecule has 0 atom stereocenters. The highest BCUT2D eigenvalue weighted by Crippen LogP contribution is 2.28. The fraction of sp³-hybridized carbons (Fsp3) is 0.231. The molecular weight excluding hydrogens is 234 g/mol. The summed E-state index contributed by atoms with van der Waals surface area (Å²) in [7, 11) is 0. The lowest BCUT2D eigenvalue weighted by Crippen LogP contribution is -2.09. The SMILES string of the molecule is CCOC(=O)c1c(OC(C)=O)[nH]c2ccccc12. The number of rotatable bonds is 3. The van der Waals surface area contributed by atoms with Gasteiger partial charge in [0.1, 0.15) is 5.56 Å². The van der Waals surface area contributed by atoms with Crippen molar-refractivity contribution >= 4 is 22.8 Å². The summed E-state index contributed by atoms with van der Waals surface area (Å²) in [4.78, 5) is 25.8. The molecule has 0 saturated heterocycles. The number of aromatic amines is 1. The molecule has 94 valence electrons. The number of hydrogen-bond donors (Lipinski definition) is 1. The monoisotopic (exact) mass is 247 g/mol. The number of hydrogen-bond acceptors (Lipinski definition) is 4. The van der Waals surface area contributed by atoms with Gasteiger partial charge >= 0.3 is 11.9 Å². The van der Waals surface area contributed by atoms with Crippen LogP contribution in [0.25, 0.3) is 10.9 Å². The molecule has 1 aromatic heterocycles. The van der Waals surface area contributed by atoms with Gasteiger partial charge in [-0.1, -0.05) is 18.2 Å². The van der Waals surface area contributed by atoms with Crippen molar-refractivity contribution in [3.8, 4) is 5.88 Å². The van der Waals surface area contributed by atoms with Crippen LogP contribution in [0, 0.1) is 0 Å². The maximum Gasteiger partial charge on any atom is 0.344 e. The molecule has 1 N–H and O–H groups in total. The average molecular weight is 247 g/mol. The number of H-pyrrole nitrogens is 1. The van der Waals surface area contributed by atoms with Crippen molar-refractivity contribution in [1.82, 2.24) is 4.98 Å². The van der Waals surface area contributed by atoms with E-state index in [1.165, 1.54) is 6.92 Å². The van der Waals surface area contributed by atoms with Crippen LogP contribution in [0.3, 0.4) is 0 Å². The largest absolute Gasteiger partial charge is 0.462 e. The van der Waals surface area contributed by atoms with Gasteiger partial charge in [0, 0.05) is 17.8 Å². The van der Waals surface area contributed by atoms with Crippen molar-refractivity contribution in [3.63, 3.8) is 0 Å². The Morgan fingerprint density at radius 3 is 2.67 bits per heavy atom. The molecule has 0 aliphatic rings. The molecule has 0 aliphatic heterocycles. The normalized spacial score (nSPS) is 10.3. The molecule has 0 aliphatic carbocycles. The maximum atomic E-state index is 11.9. The predicted octanol–water partition coefficient (Wildman–Crippen LogP) is 2.27. The van der Waals surface area contributed by atoms with Crippen molar-refractivity contribution in [2.75, 3.05) is 6.61 Å². The fourth-order valence-electron chi connectivity index (χ4n) is 1.74.